The summed E-state index contributed by atoms with van der Waals surface area (Å²) in [6, 6.07) is 17.5. The summed E-state index contributed by atoms with van der Waals surface area (Å²) >= 11 is 0. The van der Waals surface area contributed by atoms with Gasteiger partial charge in [0.2, 0.25) is 5.91 Å². The molecule has 0 aliphatic heterocycles. The number of hydrogen-bond acceptors (Lipinski definition) is 5. The molecule has 35 heavy (non-hydrogen) atoms. The topological polar surface area (TPSA) is 102 Å². The first-order valence-corrected chi connectivity index (χ1v) is 11.9. The second kappa shape index (κ2) is 13.4. The van der Waals surface area contributed by atoms with Gasteiger partial charge in [-0.1, -0.05) is 60.7 Å². The van der Waals surface area contributed by atoms with E-state index in [0.29, 0.717) is 6.42 Å². The maximum absolute atomic E-state index is 13.4. The van der Waals surface area contributed by atoms with Crippen LogP contribution in [-0.2, 0) is 32.0 Å². The van der Waals surface area contributed by atoms with Gasteiger partial charge in [-0.15, -0.1) is 0 Å². The summed E-state index contributed by atoms with van der Waals surface area (Å²) in [6.07, 6.45) is 0.441. The Morgan fingerprint density at radius 1 is 0.800 bits per heavy atom. The third-order valence-corrected chi connectivity index (χ3v) is 5.19. The quantitative estimate of drug-likeness (QED) is 0.475. The number of Topliss-reactive ketones (excluding diaryl/α,β-unsaturated/α-hetero) is 2. The van der Waals surface area contributed by atoms with Crippen LogP contribution in [0.2, 0.25) is 0 Å². The van der Waals surface area contributed by atoms with E-state index in [-0.39, 0.29) is 37.2 Å². The summed E-state index contributed by atoms with van der Waals surface area (Å²) in [5.41, 5.74) is 1.13. The molecule has 7 nitrogen and oxygen atoms in total. The average molecular weight is 481 g/mol. The largest absolute Gasteiger partial charge is 0.444 e. The van der Waals surface area contributed by atoms with Crippen LogP contribution in [0.25, 0.3) is 0 Å². The average Bonchev–Trinajstić information content (AvgIpc) is 2.77. The fourth-order valence-corrected chi connectivity index (χ4v) is 3.58. The molecule has 2 N–H and O–H groups in total. The van der Waals surface area contributed by atoms with Crippen molar-refractivity contribution in [2.24, 2.45) is 0 Å². The molecule has 0 bridgehead atoms. The van der Waals surface area contributed by atoms with Gasteiger partial charge in [-0.25, -0.2) is 4.79 Å². The number of carbonyl (C=O) groups is 4. The van der Waals surface area contributed by atoms with Crippen molar-refractivity contribution < 1.29 is 23.9 Å². The van der Waals surface area contributed by atoms with Crippen LogP contribution >= 0.6 is 0 Å². The van der Waals surface area contributed by atoms with Gasteiger partial charge in [0.05, 0.1) is 0 Å². The van der Waals surface area contributed by atoms with Crippen molar-refractivity contribution in [3.05, 3.63) is 71.8 Å². The van der Waals surface area contributed by atoms with Crippen LogP contribution in [0.5, 0.6) is 0 Å². The minimum absolute atomic E-state index is 0.0496. The highest BCUT2D eigenvalue weighted by Gasteiger charge is 2.27. The van der Waals surface area contributed by atoms with Crippen molar-refractivity contribution in [1.82, 2.24) is 10.6 Å². The number of amides is 2. The fourth-order valence-electron chi connectivity index (χ4n) is 3.58. The lowest BCUT2D eigenvalue weighted by molar-refractivity contribution is -0.125. The summed E-state index contributed by atoms with van der Waals surface area (Å²) in [7, 11) is 0. The standard InChI is InChI=1S/C28H36N2O5/c1-20(31)15-16-24(32)19-23(17-21-11-7-5-8-12-21)29-26(33)25(18-22-13-9-6-10-14-22)30-27(34)35-28(2,3)4/h5-14,23,25H,15-19H2,1-4H3,(H,29,33)(H,30,34)/t23-,25-/m0/s1. The lowest BCUT2D eigenvalue weighted by Gasteiger charge is -2.25. The Balaban J connectivity index is 2.18. The van der Waals surface area contributed by atoms with Crippen LogP contribution in [0.1, 0.15) is 58.1 Å². The van der Waals surface area contributed by atoms with Gasteiger partial charge in [-0.3, -0.25) is 9.59 Å². The molecule has 7 heteroatoms. The molecule has 2 amide bonds. The number of carbonyl (C=O) groups excluding carboxylic acids is 4. The fraction of sp³-hybridized carbons (Fsp3) is 0.429. The van der Waals surface area contributed by atoms with Gasteiger partial charge in [0.15, 0.2) is 0 Å². The Hall–Kier alpha value is -3.48. The summed E-state index contributed by atoms with van der Waals surface area (Å²) in [5.74, 6) is -0.548. The maximum atomic E-state index is 13.4. The number of rotatable bonds is 12. The highest BCUT2D eigenvalue weighted by molar-refractivity contribution is 5.88. The molecule has 0 unspecified atom stereocenters. The number of ether oxygens (including phenoxy) is 1. The van der Waals surface area contributed by atoms with Gasteiger partial charge in [0.1, 0.15) is 23.2 Å². The molecule has 0 aliphatic carbocycles. The summed E-state index contributed by atoms with van der Waals surface area (Å²) in [6.45, 7) is 6.71. The molecule has 2 atom stereocenters. The van der Waals surface area contributed by atoms with Gasteiger partial charge >= 0.3 is 6.09 Å². The second-order valence-corrected chi connectivity index (χ2v) is 9.73. The van der Waals surface area contributed by atoms with Gasteiger partial charge in [-0.2, -0.15) is 0 Å². The predicted molar refractivity (Wildman–Crippen MR) is 135 cm³/mol. The molecule has 2 rings (SSSR count). The molecule has 0 saturated heterocycles. The Morgan fingerprint density at radius 3 is 1.86 bits per heavy atom. The number of ketones is 2. The molecule has 188 valence electrons. The van der Waals surface area contributed by atoms with Crippen LogP contribution in [0.4, 0.5) is 4.79 Å². The lowest BCUT2D eigenvalue weighted by atomic mass is 9.98. The van der Waals surface area contributed by atoms with Gasteiger partial charge in [0, 0.05) is 31.7 Å². The van der Waals surface area contributed by atoms with E-state index in [1.54, 1.807) is 20.8 Å². The Morgan fingerprint density at radius 2 is 1.34 bits per heavy atom. The smallest absolute Gasteiger partial charge is 0.408 e. The first-order valence-electron chi connectivity index (χ1n) is 11.9. The van der Waals surface area contributed by atoms with Crippen molar-refractivity contribution in [2.75, 3.05) is 0 Å². The normalized spacial score (nSPS) is 12.8. The summed E-state index contributed by atoms with van der Waals surface area (Å²) < 4.78 is 5.36. The minimum atomic E-state index is -0.891. The van der Waals surface area contributed by atoms with Crippen LogP contribution in [0.15, 0.2) is 60.7 Å². The molecule has 2 aromatic carbocycles. The van der Waals surface area contributed by atoms with Crippen LogP contribution in [-0.4, -0.2) is 41.3 Å². The highest BCUT2D eigenvalue weighted by atomic mass is 16.6. The van der Waals surface area contributed by atoms with E-state index < -0.39 is 29.7 Å². The Kier molecular flexibility index (Phi) is 10.6. The molecule has 0 fully saturated rings. The molecular weight excluding hydrogens is 444 g/mol. The van der Waals surface area contributed by atoms with Gasteiger partial charge in [0.25, 0.3) is 0 Å². The molecule has 0 aromatic heterocycles. The van der Waals surface area contributed by atoms with E-state index in [9.17, 15) is 19.2 Å². The molecule has 0 aliphatic rings. The number of hydrogen-bond donors (Lipinski definition) is 2. The Bertz CT molecular complexity index is 983. The zero-order valence-electron chi connectivity index (χ0n) is 21.0. The van der Waals surface area contributed by atoms with Gasteiger partial charge in [-0.05, 0) is 45.2 Å². The van der Waals surface area contributed by atoms with Crippen molar-refractivity contribution in [3.8, 4) is 0 Å². The van der Waals surface area contributed by atoms with Crippen LogP contribution < -0.4 is 10.6 Å². The first-order chi connectivity index (χ1) is 16.5. The zero-order valence-corrected chi connectivity index (χ0v) is 21.0. The van der Waals surface area contributed by atoms with Crippen LogP contribution in [0, 0.1) is 0 Å². The molecule has 0 saturated carbocycles. The SMILES string of the molecule is CC(=O)CCC(=O)C[C@H](Cc1ccccc1)NC(=O)[C@H](Cc1ccccc1)NC(=O)OC(C)(C)C. The first kappa shape index (κ1) is 27.8. The van der Waals surface area contributed by atoms with Crippen LogP contribution in [0.3, 0.4) is 0 Å². The van der Waals surface area contributed by atoms with E-state index in [1.807, 2.05) is 60.7 Å². The lowest BCUT2D eigenvalue weighted by Crippen LogP contribution is -2.52. The highest BCUT2D eigenvalue weighted by Crippen LogP contribution is 2.12. The maximum Gasteiger partial charge on any atom is 0.408 e. The molecule has 0 radical (unpaired) electrons. The van der Waals surface area contributed by atoms with E-state index in [4.69, 9.17) is 4.74 Å². The van der Waals surface area contributed by atoms with E-state index >= 15 is 0 Å². The molecular formula is C28H36N2O5. The van der Waals surface area contributed by atoms with E-state index in [0.717, 1.165) is 11.1 Å². The van der Waals surface area contributed by atoms with Crippen molar-refractivity contribution in [3.63, 3.8) is 0 Å². The molecule has 0 heterocycles. The number of alkyl carbamates (subject to hydrolysis) is 1. The number of benzene rings is 2. The monoisotopic (exact) mass is 480 g/mol. The molecule has 0 spiro atoms. The van der Waals surface area contributed by atoms with Gasteiger partial charge < -0.3 is 20.2 Å². The van der Waals surface area contributed by atoms with Crippen molar-refractivity contribution in [2.45, 2.75) is 77.5 Å². The third kappa shape index (κ3) is 11.5. The summed E-state index contributed by atoms with van der Waals surface area (Å²) in [4.78, 5) is 49.6. The minimum Gasteiger partial charge on any atom is -0.444 e. The van der Waals surface area contributed by atoms with Crippen molar-refractivity contribution in [1.29, 1.82) is 0 Å². The Labute approximate surface area is 207 Å². The third-order valence-electron chi connectivity index (χ3n) is 5.19. The molecule has 2 aromatic rings. The second-order valence-electron chi connectivity index (χ2n) is 9.73. The zero-order chi connectivity index (χ0) is 25.8. The van der Waals surface area contributed by atoms with E-state index in [2.05, 4.69) is 10.6 Å². The summed E-state index contributed by atoms with van der Waals surface area (Å²) in [5, 5.41) is 5.64. The number of nitrogens with one attached hydrogen (secondary N) is 2. The van der Waals surface area contributed by atoms with Crippen molar-refractivity contribution >= 4 is 23.6 Å². The van der Waals surface area contributed by atoms with E-state index in [1.165, 1.54) is 6.92 Å². The predicted octanol–water partition coefficient (Wildman–Crippen LogP) is 4.18.